The van der Waals surface area contributed by atoms with Crippen molar-refractivity contribution in [3.8, 4) is 0 Å². The van der Waals surface area contributed by atoms with Crippen LogP contribution in [0.1, 0.15) is 25.1 Å². The van der Waals surface area contributed by atoms with Gasteiger partial charge in [-0.1, -0.05) is 0 Å². The zero-order valence-electron chi connectivity index (χ0n) is 17.4. The van der Waals surface area contributed by atoms with Crippen molar-refractivity contribution >= 4 is 35.5 Å². The van der Waals surface area contributed by atoms with E-state index < -0.39 is 17.9 Å². The third kappa shape index (κ3) is 5.74. The molecule has 14 heteroatoms. The lowest BCUT2D eigenvalue weighted by molar-refractivity contribution is 0.132. The number of rotatable bonds is 4. The second-order valence-electron chi connectivity index (χ2n) is 7.62. The minimum atomic E-state index is -0.621. The minimum Gasteiger partial charge on any atom is -0.395 e. The molecule has 4 heterocycles. The number of urea groups is 1. The Balaban J connectivity index is 0.000000181. The largest absolute Gasteiger partial charge is 0.395 e. The number of aliphatic hydroxyl groups excluding tert-OH is 4. The van der Waals surface area contributed by atoms with Gasteiger partial charge in [0, 0.05) is 25.1 Å². The molecule has 3 aliphatic heterocycles. The maximum absolute atomic E-state index is 11.7. The molecule has 0 aliphatic carbocycles. The van der Waals surface area contributed by atoms with E-state index in [1.165, 1.54) is 34.4 Å². The van der Waals surface area contributed by atoms with Gasteiger partial charge in [0.1, 0.15) is 6.33 Å². The van der Waals surface area contributed by atoms with E-state index in [0.29, 0.717) is 12.8 Å². The number of hydrogen-bond donors (Lipinski definition) is 6. The predicted molar refractivity (Wildman–Crippen MR) is 121 cm³/mol. The molecule has 1 unspecified atom stereocenters. The van der Waals surface area contributed by atoms with Gasteiger partial charge in [0.25, 0.3) is 0 Å². The number of nitrogens with one attached hydrogen (secondary N) is 1. The van der Waals surface area contributed by atoms with Gasteiger partial charge in [0.15, 0.2) is 0 Å². The van der Waals surface area contributed by atoms with Crippen LogP contribution >= 0.6 is 23.5 Å². The summed E-state index contributed by atoms with van der Waals surface area (Å²) in [7, 11) is 0. The molecule has 12 nitrogen and oxygen atoms in total. The number of nitrogens with zero attached hydrogens (tertiary/aromatic N) is 4. The molecule has 0 radical (unpaired) electrons. The van der Waals surface area contributed by atoms with E-state index in [1.54, 1.807) is 11.1 Å². The lowest BCUT2D eigenvalue weighted by Crippen LogP contribution is -2.47. The molecule has 1 aromatic heterocycles. The van der Waals surface area contributed by atoms with Crippen molar-refractivity contribution < 1.29 is 25.2 Å². The Morgan fingerprint density at radius 2 is 1.72 bits per heavy atom. The van der Waals surface area contributed by atoms with Crippen molar-refractivity contribution in [3.05, 3.63) is 29.1 Å². The fourth-order valence-corrected chi connectivity index (χ4v) is 6.24. The molecule has 7 atom stereocenters. The van der Waals surface area contributed by atoms with Crippen LogP contribution in [-0.2, 0) is 0 Å². The third-order valence-electron chi connectivity index (χ3n) is 5.26. The Labute approximate surface area is 192 Å². The molecule has 4 rings (SSSR count). The molecule has 178 valence electrons. The summed E-state index contributed by atoms with van der Waals surface area (Å²) in [5.41, 5.74) is 4.79. The Hall–Kier alpha value is -1.84. The number of hydrogen-bond acceptors (Lipinski definition) is 11. The van der Waals surface area contributed by atoms with E-state index in [9.17, 15) is 19.8 Å². The summed E-state index contributed by atoms with van der Waals surface area (Å²) >= 11 is 2.78. The summed E-state index contributed by atoms with van der Waals surface area (Å²) in [6, 6.07) is -0.0907. The van der Waals surface area contributed by atoms with E-state index in [2.05, 4.69) is 15.3 Å². The number of carbonyl (C=O) groups is 1. The monoisotopic (exact) mass is 488 g/mol. The van der Waals surface area contributed by atoms with Gasteiger partial charge in [-0.3, -0.25) is 9.47 Å². The summed E-state index contributed by atoms with van der Waals surface area (Å²) in [4.78, 5) is 32.0. The topological polar surface area (TPSA) is 187 Å². The van der Waals surface area contributed by atoms with Gasteiger partial charge in [0.05, 0.1) is 46.7 Å². The van der Waals surface area contributed by atoms with Crippen molar-refractivity contribution in [1.29, 1.82) is 0 Å². The second kappa shape index (κ2) is 10.9. The Morgan fingerprint density at radius 1 is 1.12 bits per heavy atom. The third-order valence-corrected chi connectivity index (χ3v) is 8.35. The first-order chi connectivity index (χ1) is 15.2. The first kappa shape index (κ1) is 24.8. The highest BCUT2D eigenvalue weighted by Crippen LogP contribution is 2.40. The highest BCUT2D eigenvalue weighted by molar-refractivity contribution is 8.00. The fourth-order valence-electron chi connectivity index (χ4n) is 3.49. The van der Waals surface area contributed by atoms with Gasteiger partial charge in [0.2, 0.25) is 5.95 Å². The summed E-state index contributed by atoms with van der Waals surface area (Å²) < 4.78 is 1.32. The van der Waals surface area contributed by atoms with Crippen LogP contribution in [-0.4, -0.2) is 93.2 Å². The van der Waals surface area contributed by atoms with Gasteiger partial charge >= 0.3 is 11.7 Å². The van der Waals surface area contributed by atoms with E-state index in [-0.39, 0.29) is 52.5 Å². The number of carbonyl (C=O) groups excluding carboxylic acids is 1. The molecule has 7 N–H and O–H groups in total. The van der Waals surface area contributed by atoms with Crippen LogP contribution in [0.2, 0.25) is 0 Å². The van der Waals surface area contributed by atoms with Crippen LogP contribution < -0.4 is 16.7 Å². The van der Waals surface area contributed by atoms with Crippen LogP contribution in [0.25, 0.3) is 0 Å². The molecule has 2 fully saturated rings. The zero-order chi connectivity index (χ0) is 23.4. The Morgan fingerprint density at radius 3 is 2.25 bits per heavy atom. The molecular weight excluding hydrogens is 460 g/mol. The van der Waals surface area contributed by atoms with Crippen molar-refractivity contribution in [1.82, 2.24) is 24.8 Å². The SMILES string of the molecule is CC1C=CN([C@H]2C[C@H](O)[C@@H](CO)S2)C(=O)N1.Nc1ncn([C@H]2C[C@H](O)[C@@H](CO)S2)c(=O)n1. The smallest absolute Gasteiger partial charge is 0.353 e. The number of anilines is 1. The van der Waals surface area contributed by atoms with Crippen molar-refractivity contribution in [2.75, 3.05) is 18.9 Å². The van der Waals surface area contributed by atoms with Gasteiger partial charge in [-0.15, -0.1) is 23.5 Å². The van der Waals surface area contributed by atoms with E-state index in [4.69, 9.17) is 15.9 Å². The lowest BCUT2D eigenvalue weighted by Gasteiger charge is -2.30. The minimum absolute atomic E-state index is 0.0497. The molecule has 1 aromatic rings. The molecule has 3 aliphatic rings. The van der Waals surface area contributed by atoms with E-state index in [1.807, 2.05) is 13.0 Å². The molecule has 0 aromatic carbocycles. The van der Waals surface area contributed by atoms with E-state index >= 15 is 0 Å². The molecule has 2 amide bonds. The summed E-state index contributed by atoms with van der Waals surface area (Å²) in [5.74, 6) is -0.0662. The molecule has 32 heavy (non-hydrogen) atoms. The molecule has 2 saturated heterocycles. The van der Waals surface area contributed by atoms with Crippen LogP contribution in [0.4, 0.5) is 10.7 Å². The fraction of sp³-hybridized carbons (Fsp3) is 0.667. The summed E-state index contributed by atoms with van der Waals surface area (Å²) in [6.45, 7) is 1.73. The van der Waals surface area contributed by atoms with Gasteiger partial charge in [-0.25, -0.2) is 14.6 Å². The predicted octanol–water partition coefficient (Wildman–Crippen LogP) is -1.32. The standard InChI is InChI=1S/C10H16N2O3S.C8H12N4O3S/c1-6-2-3-12(10(15)11-6)9-4-7(14)8(5-13)16-9;9-7-10-3-12(8(15)11-7)6-1-4(14)5(2-13)16-6/h2-3,6-9,13-14H,4-5H2,1H3,(H,11,15);3-6,13-14H,1-2H2,(H2,9,11,15)/t6?,7-,8+,9+;4-,5+,6+/m00/s1. The molecular formula is C18H28N6O6S2. The average Bonchev–Trinajstić information content (AvgIpc) is 3.30. The number of amides is 2. The number of thioether (sulfide) groups is 2. The van der Waals surface area contributed by atoms with E-state index in [0.717, 1.165) is 0 Å². The summed E-state index contributed by atoms with van der Waals surface area (Å²) in [6.07, 6.45) is 4.71. The Bertz CT molecular complexity index is 888. The van der Waals surface area contributed by atoms with Crippen molar-refractivity contribution in [3.63, 3.8) is 0 Å². The van der Waals surface area contributed by atoms with Crippen molar-refractivity contribution in [2.24, 2.45) is 0 Å². The highest BCUT2D eigenvalue weighted by atomic mass is 32.2. The van der Waals surface area contributed by atoms with Gasteiger partial charge in [-0.2, -0.15) is 4.98 Å². The van der Waals surface area contributed by atoms with Crippen LogP contribution in [0.3, 0.4) is 0 Å². The van der Waals surface area contributed by atoms with Gasteiger partial charge < -0.3 is 31.5 Å². The first-order valence-corrected chi connectivity index (χ1v) is 12.0. The highest BCUT2D eigenvalue weighted by Gasteiger charge is 2.38. The Kier molecular flexibility index (Phi) is 8.41. The lowest BCUT2D eigenvalue weighted by atomic mass is 10.2. The number of nitrogens with two attached hydrogens (primary N) is 1. The van der Waals surface area contributed by atoms with Crippen LogP contribution in [0.5, 0.6) is 0 Å². The zero-order valence-corrected chi connectivity index (χ0v) is 19.0. The maximum atomic E-state index is 11.7. The van der Waals surface area contributed by atoms with Gasteiger partial charge in [-0.05, 0) is 13.0 Å². The molecule has 0 bridgehead atoms. The second-order valence-corrected chi connectivity index (χ2v) is 10.5. The van der Waals surface area contributed by atoms with Crippen LogP contribution in [0.15, 0.2) is 23.4 Å². The molecule has 0 spiro atoms. The first-order valence-electron chi connectivity index (χ1n) is 10.1. The average molecular weight is 489 g/mol. The number of aromatic nitrogens is 3. The number of nitrogen functional groups attached to an aromatic ring is 1. The maximum Gasteiger partial charge on any atom is 0.353 e. The normalized spacial score (nSPS) is 34.2. The van der Waals surface area contributed by atoms with Crippen LogP contribution in [0, 0.1) is 0 Å². The summed E-state index contributed by atoms with van der Waals surface area (Å²) in [5, 5.41) is 39.3. The quantitative estimate of drug-likeness (QED) is 0.295. The molecule has 0 saturated carbocycles. The number of aliphatic hydroxyl groups is 4. The van der Waals surface area contributed by atoms with Crippen molar-refractivity contribution in [2.45, 2.75) is 59.3 Å².